The molecule has 0 aromatic heterocycles. The van der Waals surface area contributed by atoms with Crippen LogP contribution in [0.5, 0.6) is 0 Å². The van der Waals surface area contributed by atoms with Crippen LogP contribution in [-0.2, 0) is 4.79 Å². The van der Waals surface area contributed by atoms with Crippen molar-refractivity contribution in [2.45, 2.75) is 33.2 Å². The van der Waals surface area contributed by atoms with Gasteiger partial charge in [-0.25, -0.2) is 0 Å². The minimum Gasteiger partial charge on any atom is -0.339 e. The molecule has 0 bridgehead atoms. The van der Waals surface area contributed by atoms with E-state index in [-0.39, 0.29) is 5.41 Å². The molecule has 4 heteroatoms. The van der Waals surface area contributed by atoms with Crippen LogP contribution in [0.4, 0.5) is 0 Å². The lowest BCUT2D eigenvalue weighted by molar-refractivity contribution is -0.146. The molecule has 0 radical (unpaired) electrons. The minimum absolute atomic E-state index is 0.157. The molecule has 4 nitrogen and oxygen atoms in total. The van der Waals surface area contributed by atoms with Crippen molar-refractivity contribution in [1.29, 1.82) is 0 Å². The van der Waals surface area contributed by atoms with E-state index >= 15 is 0 Å². The summed E-state index contributed by atoms with van der Waals surface area (Å²) in [5.74, 6) is 0.789. The lowest BCUT2D eigenvalue weighted by atomic mass is 9.75. The SMILES string of the molecule is CC1CN(C(=O)C2(C(C)C)CCNC2)CCN1C. The number of carbonyl (C=O) groups excluding carboxylic acids is 1. The fourth-order valence-corrected chi connectivity index (χ4v) is 3.18. The first-order valence-electron chi connectivity index (χ1n) is 7.18. The minimum atomic E-state index is -0.157. The first-order chi connectivity index (χ1) is 8.47. The van der Waals surface area contributed by atoms with Gasteiger partial charge in [0.25, 0.3) is 0 Å². The van der Waals surface area contributed by atoms with Crippen molar-refractivity contribution in [3.63, 3.8) is 0 Å². The Bertz CT molecular complexity index is 310. The van der Waals surface area contributed by atoms with Gasteiger partial charge in [-0.3, -0.25) is 4.79 Å². The highest BCUT2D eigenvalue weighted by atomic mass is 16.2. The molecule has 104 valence electrons. The van der Waals surface area contributed by atoms with Gasteiger partial charge in [-0.2, -0.15) is 0 Å². The highest BCUT2D eigenvalue weighted by Gasteiger charge is 2.46. The Balaban J connectivity index is 2.10. The summed E-state index contributed by atoms with van der Waals surface area (Å²) in [6.45, 7) is 11.2. The zero-order valence-corrected chi connectivity index (χ0v) is 12.2. The Kier molecular flexibility index (Phi) is 3.97. The van der Waals surface area contributed by atoms with Crippen molar-refractivity contribution < 1.29 is 4.79 Å². The van der Waals surface area contributed by atoms with Crippen LogP contribution in [0.15, 0.2) is 0 Å². The van der Waals surface area contributed by atoms with Gasteiger partial charge in [0.2, 0.25) is 5.91 Å². The van der Waals surface area contributed by atoms with Crippen LogP contribution in [0.25, 0.3) is 0 Å². The largest absolute Gasteiger partial charge is 0.339 e. The van der Waals surface area contributed by atoms with Crippen molar-refractivity contribution in [1.82, 2.24) is 15.1 Å². The van der Waals surface area contributed by atoms with Gasteiger partial charge < -0.3 is 15.1 Å². The zero-order valence-electron chi connectivity index (χ0n) is 12.2. The Morgan fingerprint density at radius 1 is 1.39 bits per heavy atom. The summed E-state index contributed by atoms with van der Waals surface area (Å²) in [4.78, 5) is 17.3. The Morgan fingerprint density at radius 3 is 2.61 bits per heavy atom. The summed E-state index contributed by atoms with van der Waals surface area (Å²) >= 11 is 0. The summed E-state index contributed by atoms with van der Waals surface area (Å²) in [6.07, 6.45) is 0.990. The van der Waals surface area contributed by atoms with Crippen molar-refractivity contribution in [3.05, 3.63) is 0 Å². The van der Waals surface area contributed by atoms with E-state index in [2.05, 4.69) is 42.9 Å². The second kappa shape index (κ2) is 5.17. The third-order valence-electron chi connectivity index (χ3n) is 4.97. The molecule has 18 heavy (non-hydrogen) atoms. The summed E-state index contributed by atoms with van der Waals surface area (Å²) in [6, 6.07) is 0.473. The average molecular weight is 253 g/mol. The lowest BCUT2D eigenvalue weighted by Crippen LogP contribution is -2.57. The van der Waals surface area contributed by atoms with Gasteiger partial charge in [0, 0.05) is 32.2 Å². The molecular weight excluding hydrogens is 226 g/mol. The van der Waals surface area contributed by atoms with Crippen molar-refractivity contribution in [3.8, 4) is 0 Å². The fourth-order valence-electron chi connectivity index (χ4n) is 3.18. The summed E-state index contributed by atoms with van der Waals surface area (Å²) in [5, 5.41) is 3.38. The second-order valence-corrected chi connectivity index (χ2v) is 6.32. The fraction of sp³-hybridized carbons (Fsp3) is 0.929. The smallest absolute Gasteiger partial charge is 0.230 e. The van der Waals surface area contributed by atoms with E-state index in [0.29, 0.717) is 17.9 Å². The molecule has 0 aliphatic carbocycles. The molecule has 2 fully saturated rings. The Labute approximate surface area is 111 Å². The molecule has 2 saturated heterocycles. The number of hydrogen-bond acceptors (Lipinski definition) is 3. The normalized spacial score (nSPS) is 34.3. The Morgan fingerprint density at radius 2 is 2.11 bits per heavy atom. The molecule has 2 heterocycles. The van der Waals surface area contributed by atoms with Gasteiger partial charge >= 0.3 is 0 Å². The van der Waals surface area contributed by atoms with Gasteiger partial charge in [-0.05, 0) is 32.9 Å². The molecule has 2 aliphatic rings. The second-order valence-electron chi connectivity index (χ2n) is 6.32. The first kappa shape index (κ1) is 13.8. The number of nitrogens with zero attached hydrogens (tertiary/aromatic N) is 2. The van der Waals surface area contributed by atoms with Crippen LogP contribution in [-0.4, -0.2) is 61.5 Å². The van der Waals surface area contributed by atoms with E-state index in [1.54, 1.807) is 0 Å². The molecule has 2 atom stereocenters. The van der Waals surface area contributed by atoms with Crippen LogP contribution >= 0.6 is 0 Å². The predicted octanol–water partition coefficient (Wildman–Crippen LogP) is 0.785. The zero-order chi connectivity index (χ0) is 13.3. The van der Waals surface area contributed by atoms with Crippen LogP contribution in [0.2, 0.25) is 0 Å². The average Bonchev–Trinajstić information content (AvgIpc) is 2.82. The predicted molar refractivity (Wildman–Crippen MR) is 73.4 cm³/mol. The third kappa shape index (κ3) is 2.28. The number of piperazine rings is 1. The molecule has 2 aliphatic heterocycles. The number of nitrogens with one attached hydrogen (secondary N) is 1. The third-order valence-corrected chi connectivity index (χ3v) is 4.97. The quantitative estimate of drug-likeness (QED) is 0.790. The molecule has 1 amide bonds. The van der Waals surface area contributed by atoms with E-state index in [9.17, 15) is 4.79 Å². The van der Waals surface area contributed by atoms with Gasteiger partial charge in [-0.15, -0.1) is 0 Å². The molecule has 0 spiro atoms. The van der Waals surface area contributed by atoms with Crippen molar-refractivity contribution in [2.75, 3.05) is 39.8 Å². The molecule has 2 rings (SSSR count). The van der Waals surface area contributed by atoms with Crippen LogP contribution in [0, 0.1) is 11.3 Å². The van der Waals surface area contributed by atoms with Gasteiger partial charge in [0.1, 0.15) is 0 Å². The van der Waals surface area contributed by atoms with E-state index < -0.39 is 0 Å². The number of amides is 1. The topological polar surface area (TPSA) is 35.6 Å². The Hall–Kier alpha value is -0.610. The van der Waals surface area contributed by atoms with E-state index in [4.69, 9.17) is 0 Å². The number of carbonyl (C=O) groups is 1. The lowest BCUT2D eigenvalue weighted by Gasteiger charge is -2.43. The molecular formula is C14H27N3O. The highest BCUT2D eigenvalue weighted by Crippen LogP contribution is 2.36. The van der Waals surface area contributed by atoms with Gasteiger partial charge in [0.15, 0.2) is 0 Å². The molecule has 0 aromatic carbocycles. The number of rotatable bonds is 2. The van der Waals surface area contributed by atoms with E-state index in [1.165, 1.54) is 0 Å². The van der Waals surface area contributed by atoms with E-state index in [1.807, 2.05) is 0 Å². The van der Waals surface area contributed by atoms with Crippen LogP contribution in [0.1, 0.15) is 27.2 Å². The first-order valence-corrected chi connectivity index (χ1v) is 7.18. The standard InChI is InChI=1S/C14H27N3O/c1-11(2)14(5-6-15-10-14)13(18)17-8-7-16(4)12(3)9-17/h11-12,15H,5-10H2,1-4H3. The van der Waals surface area contributed by atoms with Crippen LogP contribution in [0.3, 0.4) is 0 Å². The summed E-state index contributed by atoms with van der Waals surface area (Å²) in [7, 11) is 2.14. The monoisotopic (exact) mass is 253 g/mol. The molecule has 0 saturated carbocycles. The number of likely N-dealkylation sites (N-methyl/N-ethyl adjacent to an activating group) is 1. The molecule has 0 aromatic rings. The summed E-state index contributed by atoms with van der Waals surface area (Å²) < 4.78 is 0. The summed E-state index contributed by atoms with van der Waals surface area (Å²) in [5.41, 5.74) is -0.157. The van der Waals surface area contributed by atoms with Crippen molar-refractivity contribution >= 4 is 5.91 Å². The maximum absolute atomic E-state index is 12.9. The van der Waals surface area contributed by atoms with Gasteiger partial charge in [-0.1, -0.05) is 13.8 Å². The maximum atomic E-state index is 12.9. The molecule has 1 N–H and O–H groups in total. The molecule has 2 unspecified atom stereocenters. The highest BCUT2D eigenvalue weighted by molar-refractivity contribution is 5.84. The van der Waals surface area contributed by atoms with Crippen molar-refractivity contribution in [2.24, 2.45) is 11.3 Å². The van der Waals surface area contributed by atoms with E-state index in [0.717, 1.165) is 39.1 Å². The maximum Gasteiger partial charge on any atom is 0.230 e. The van der Waals surface area contributed by atoms with Gasteiger partial charge in [0.05, 0.1) is 5.41 Å². The number of hydrogen-bond donors (Lipinski definition) is 1. The van der Waals surface area contributed by atoms with Crippen LogP contribution < -0.4 is 5.32 Å².